The van der Waals surface area contributed by atoms with E-state index in [1.54, 1.807) is 0 Å². The molecule has 1 fully saturated rings. The number of carbonyl (C=O) groups is 1. The van der Waals surface area contributed by atoms with Crippen molar-refractivity contribution >= 4 is 5.78 Å². The van der Waals surface area contributed by atoms with E-state index >= 15 is 0 Å². The fraction of sp³-hybridized carbons (Fsp3) is 0.316. The average molecular weight is 296 g/mol. The lowest BCUT2D eigenvalue weighted by molar-refractivity contribution is 0.0388. The van der Waals surface area contributed by atoms with Gasteiger partial charge in [-0.2, -0.15) is 0 Å². The second-order valence-electron chi connectivity index (χ2n) is 5.47. The third-order valence-electron chi connectivity index (χ3n) is 3.84. The Labute approximate surface area is 130 Å². The van der Waals surface area contributed by atoms with Crippen LogP contribution in [-0.4, -0.2) is 25.1 Å². The second-order valence-corrected chi connectivity index (χ2v) is 5.47. The fourth-order valence-electron chi connectivity index (χ4n) is 2.54. The summed E-state index contributed by atoms with van der Waals surface area (Å²) >= 11 is 0. The van der Waals surface area contributed by atoms with Gasteiger partial charge in [0, 0.05) is 11.1 Å². The summed E-state index contributed by atoms with van der Waals surface area (Å²) in [4.78, 5) is 12.8. The number of carbonyl (C=O) groups excluding carboxylic acids is 1. The zero-order valence-electron chi connectivity index (χ0n) is 12.7. The summed E-state index contributed by atoms with van der Waals surface area (Å²) in [5.41, 5.74) is 2.38. The van der Waals surface area contributed by atoms with Gasteiger partial charge in [0.05, 0.1) is 19.3 Å². The Kier molecular flexibility index (Phi) is 4.66. The van der Waals surface area contributed by atoms with E-state index < -0.39 is 0 Å². The molecule has 0 bridgehead atoms. The van der Waals surface area contributed by atoms with E-state index in [1.165, 1.54) is 0 Å². The highest BCUT2D eigenvalue weighted by molar-refractivity contribution is 6.09. The summed E-state index contributed by atoms with van der Waals surface area (Å²) in [7, 11) is 0. The first kappa shape index (κ1) is 14.9. The van der Waals surface area contributed by atoms with Gasteiger partial charge in [-0.05, 0) is 12.0 Å². The van der Waals surface area contributed by atoms with Gasteiger partial charge in [0.15, 0.2) is 5.78 Å². The maximum absolute atomic E-state index is 12.8. The second kappa shape index (κ2) is 6.86. The number of hydrogen-bond donors (Lipinski definition) is 0. The molecule has 1 aliphatic heterocycles. The number of hydrogen-bond acceptors (Lipinski definition) is 3. The normalized spacial score (nSPS) is 18.0. The molecule has 22 heavy (non-hydrogen) atoms. The van der Waals surface area contributed by atoms with Crippen molar-refractivity contribution < 1.29 is 14.3 Å². The third-order valence-corrected chi connectivity index (χ3v) is 3.84. The predicted molar refractivity (Wildman–Crippen MR) is 85.0 cm³/mol. The largest absolute Gasteiger partial charge is 0.371 e. The van der Waals surface area contributed by atoms with Crippen molar-refractivity contribution in [2.45, 2.75) is 25.6 Å². The summed E-state index contributed by atoms with van der Waals surface area (Å²) in [5.74, 6) is 0.0425. The number of epoxide rings is 1. The molecule has 2 unspecified atom stereocenters. The highest BCUT2D eigenvalue weighted by Crippen LogP contribution is 2.27. The topological polar surface area (TPSA) is 38.8 Å². The Bertz CT molecular complexity index is 632. The maximum Gasteiger partial charge on any atom is 0.193 e. The molecule has 0 saturated carbocycles. The summed E-state index contributed by atoms with van der Waals surface area (Å²) in [5, 5.41) is 0. The van der Waals surface area contributed by atoms with Crippen molar-refractivity contribution in [1.82, 2.24) is 0 Å². The van der Waals surface area contributed by atoms with Gasteiger partial charge < -0.3 is 9.47 Å². The fourth-order valence-corrected chi connectivity index (χ4v) is 2.54. The van der Waals surface area contributed by atoms with Gasteiger partial charge in [-0.1, -0.05) is 61.5 Å². The first-order chi connectivity index (χ1) is 10.8. The van der Waals surface area contributed by atoms with Crippen molar-refractivity contribution in [3.63, 3.8) is 0 Å². The zero-order valence-corrected chi connectivity index (χ0v) is 12.7. The molecule has 114 valence electrons. The lowest BCUT2D eigenvalue weighted by atomic mass is 9.94. The molecule has 0 aliphatic carbocycles. The van der Waals surface area contributed by atoms with Crippen molar-refractivity contribution in [3.05, 3.63) is 71.3 Å². The predicted octanol–water partition coefficient (Wildman–Crippen LogP) is 3.78. The SMILES string of the molecule is CCC(OCC1CO1)c1ccccc1C(=O)c1ccccc1. The van der Waals surface area contributed by atoms with Crippen LogP contribution >= 0.6 is 0 Å². The quantitative estimate of drug-likeness (QED) is 0.576. The van der Waals surface area contributed by atoms with Crippen LogP contribution < -0.4 is 0 Å². The Balaban J connectivity index is 1.86. The van der Waals surface area contributed by atoms with Crippen molar-refractivity contribution in [2.24, 2.45) is 0 Å². The van der Waals surface area contributed by atoms with Crippen LogP contribution in [0.5, 0.6) is 0 Å². The Hall–Kier alpha value is -1.97. The highest BCUT2D eigenvalue weighted by Gasteiger charge is 2.26. The Morgan fingerprint density at radius 2 is 1.86 bits per heavy atom. The van der Waals surface area contributed by atoms with Crippen LogP contribution in [0, 0.1) is 0 Å². The van der Waals surface area contributed by atoms with Crippen molar-refractivity contribution in [2.75, 3.05) is 13.2 Å². The summed E-state index contributed by atoms with van der Waals surface area (Å²) < 4.78 is 11.1. The van der Waals surface area contributed by atoms with Crippen LogP contribution in [0.15, 0.2) is 54.6 Å². The smallest absolute Gasteiger partial charge is 0.193 e. The van der Waals surface area contributed by atoms with Gasteiger partial charge in [-0.15, -0.1) is 0 Å². The number of ether oxygens (including phenoxy) is 2. The molecule has 3 rings (SSSR count). The minimum Gasteiger partial charge on any atom is -0.371 e. The molecule has 1 heterocycles. The lowest BCUT2D eigenvalue weighted by Gasteiger charge is -2.19. The monoisotopic (exact) mass is 296 g/mol. The third kappa shape index (κ3) is 3.43. The van der Waals surface area contributed by atoms with Gasteiger partial charge in [-0.3, -0.25) is 4.79 Å². The molecule has 3 nitrogen and oxygen atoms in total. The average Bonchev–Trinajstić information content (AvgIpc) is 3.40. The Morgan fingerprint density at radius 1 is 1.18 bits per heavy atom. The minimum atomic E-state index is -0.0759. The molecule has 2 aromatic carbocycles. The molecular weight excluding hydrogens is 276 g/mol. The first-order valence-electron chi connectivity index (χ1n) is 7.71. The number of ketones is 1. The zero-order chi connectivity index (χ0) is 15.4. The molecule has 1 aliphatic rings. The van der Waals surface area contributed by atoms with Gasteiger partial charge in [0.1, 0.15) is 6.10 Å². The maximum atomic E-state index is 12.8. The molecule has 0 spiro atoms. The van der Waals surface area contributed by atoms with Gasteiger partial charge in [-0.25, -0.2) is 0 Å². The van der Waals surface area contributed by atoms with E-state index in [-0.39, 0.29) is 18.0 Å². The first-order valence-corrected chi connectivity index (χ1v) is 7.71. The molecule has 3 heteroatoms. The van der Waals surface area contributed by atoms with Crippen LogP contribution in [0.3, 0.4) is 0 Å². The van der Waals surface area contributed by atoms with E-state index in [0.717, 1.165) is 24.2 Å². The van der Waals surface area contributed by atoms with E-state index in [1.807, 2.05) is 54.6 Å². The highest BCUT2D eigenvalue weighted by atomic mass is 16.6. The van der Waals surface area contributed by atoms with Gasteiger partial charge >= 0.3 is 0 Å². The summed E-state index contributed by atoms with van der Waals surface area (Å²) in [6, 6.07) is 17.1. The van der Waals surface area contributed by atoms with E-state index in [9.17, 15) is 4.79 Å². The summed E-state index contributed by atoms with van der Waals surface area (Å²) in [6.45, 7) is 3.44. The number of rotatable bonds is 7. The van der Waals surface area contributed by atoms with Crippen molar-refractivity contribution in [3.8, 4) is 0 Å². The molecule has 0 N–H and O–H groups in total. The number of benzene rings is 2. The molecule has 1 saturated heterocycles. The molecular formula is C19H20O3. The van der Waals surface area contributed by atoms with Crippen molar-refractivity contribution in [1.29, 1.82) is 0 Å². The van der Waals surface area contributed by atoms with Crippen LogP contribution in [0.25, 0.3) is 0 Å². The molecule has 2 aromatic rings. The van der Waals surface area contributed by atoms with E-state index in [4.69, 9.17) is 9.47 Å². The van der Waals surface area contributed by atoms with Crippen LogP contribution in [-0.2, 0) is 9.47 Å². The van der Waals surface area contributed by atoms with Gasteiger partial charge in [0.25, 0.3) is 0 Å². The van der Waals surface area contributed by atoms with Crippen LogP contribution in [0.1, 0.15) is 40.9 Å². The standard InChI is InChI=1S/C19H20O3/c1-2-18(22-13-15-12-21-15)16-10-6-7-11-17(16)19(20)14-8-4-3-5-9-14/h3-11,15,18H,2,12-13H2,1H3. The van der Waals surface area contributed by atoms with E-state index in [2.05, 4.69) is 6.92 Å². The van der Waals surface area contributed by atoms with E-state index in [0.29, 0.717) is 12.2 Å². The van der Waals surface area contributed by atoms with Crippen LogP contribution in [0.2, 0.25) is 0 Å². The Morgan fingerprint density at radius 3 is 2.55 bits per heavy atom. The summed E-state index contributed by atoms with van der Waals surface area (Å²) in [6.07, 6.45) is 0.977. The van der Waals surface area contributed by atoms with Crippen LogP contribution in [0.4, 0.5) is 0 Å². The molecule has 0 amide bonds. The lowest BCUT2D eigenvalue weighted by Crippen LogP contribution is -2.13. The molecule has 0 radical (unpaired) electrons. The molecule has 2 atom stereocenters. The minimum absolute atomic E-state index is 0.0425. The molecule has 0 aromatic heterocycles. The van der Waals surface area contributed by atoms with Gasteiger partial charge in [0.2, 0.25) is 0 Å².